The van der Waals surface area contributed by atoms with Crippen molar-refractivity contribution < 1.29 is 14.3 Å². The molecule has 2 heterocycles. The molecule has 1 amide bonds. The van der Waals surface area contributed by atoms with Crippen LogP contribution in [0, 0.1) is 13.8 Å². The second-order valence-electron chi connectivity index (χ2n) is 9.23. The molecule has 9 heteroatoms. The van der Waals surface area contributed by atoms with E-state index in [0.717, 1.165) is 22.4 Å². The topological polar surface area (TPSA) is 90.3 Å². The zero-order chi connectivity index (χ0) is 26.8. The monoisotopic (exact) mass is 573 g/mol. The minimum Gasteiger partial charge on any atom is -0.493 e. The number of benzene rings is 3. The van der Waals surface area contributed by atoms with E-state index in [9.17, 15) is 4.79 Å². The Balaban J connectivity index is 1.51. The first kappa shape index (κ1) is 25.5. The van der Waals surface area contributed by atoms with Crippen LogP contribution in [0.25, 0.3) is 0 Å². The van der Waals surface area contributed by atoms with Crippen LogP contribution in [0.4, 0.5) is 11.6 Å². The van der Waals surface area contributed by atoms with Crippen LogP contribution in [0.5, 0.6) is 11.5 Å². The molecule has 1 aliphatic heterocycles. The van der Waals surface area contributed by atoms with Crippen molar-refractivity contribution >= 4 is 33.5 Å². The van der Waals surface area contributed by atoms with E-state index in [1.54, 1.807) is 11.8 Å². The molecule has 0 saturated carbocycles. The molecule has 4 aromatic rings. The van der Waals surface area contributed by atoms with Gasteiger partial charge in [0.1, 0.15) is 19.0 Å². The summed E-state index contributed by atoms with van der Waals surface area (Å²) in [6, 6.07) is 19.1. The number of carbonyl (C=O) groups is 1. The van der Waals surface area contributed by atoms with Crippen LogP contribution in [-0.4, -0.2) is 27.8 Å². The summed E-state index contributed by atoms with van der Waals surface area (Å²) < 4.78 is 14.3. The maximum atomic E-state index is 13.7. The third-order valence-electron chi connectivity index (χ3n) is 6.39. The van der Waals surface area contributed by atoms with Gasteiger partial charge in [-0.1, -0.05) is 42.0 Å². The molecule has 0 saturated heterocycles. The second-order valence-corrected chi connectivity index (χ2v) is 10.1. The van der Waals surface area contributed by atoms with Crippen LogP contribution >= 0.6 is 15.9 Å². The molecule has 0 aliphatic carbocycles. The van der Waals surface area contributed by atoms with Gasteiger partial charge in [-0.05, 0) is 77.7 Å². The van der Waals surface area contributed by atoms with Crippen molar-refractivity contribution in [2.24, 2.45) is 0 Å². The van der Waals surface area contributed by atoms with E-state index in [1.807, 2.05) is 62.4 Å². The number of rotatable bonds is 7. The highest BCUT2D eigenvalue weighted by Gasteiger charge is 2.34. The molecule has 1 aromatic heterocycles. The third kappa shape index (κ3) is 5.15. The average Bonchev–Trinajstić information content (AvgIpc) is 3.35. The second kappa shape index (κ2) is 10.7. The van der Waals surface area contributed by atoms with Crippen molar-refractivity contribution in [1.29, 1.82) is 0 Å². The van der Waals surface area contributed by atoms with E-state index in [0.29, 0.717) is 39.8 Å². The molecule has 2 N–H and O–H groups in total. The lowest BCUT2D eigenvalue weighted by Gasteiger charge is -2.29. The van der Waals surface area contributed by atoms with Gasteiger partial charge in [0.2, 0.25) is 5.95 Å². The molecule has 0 fully saturated rings. The van der Waals surface area contributed by atoms with Gasteiger partial charge in [-0.2, -0.15) is 10.1 Å². The summed E-state index contributed by atoms with van der Waals surface area (Å²) in [4.78, 5) is 18.0. The highest BCUT2D eigenvalue weighted by Crippen LogP contribution is 2.43. The SMILES string of the molecule is COc1cc(C2C(C(=O)Nc3cccc(C)c3)=C(C)Nc3ncnn32)cc(Br)c1OCc1ccc(C)cc1. The number of hydrogen-bond acceptors (Lipinski definition) is 6. The number of allylic oxidation sites excluding steroid dienone is 1. The number of aryl methyl sites for hydroxylation is 2. The normalized spacial score (nSPS) is 14.5. The molecule has 38 heavy (non-hydrogen) atoms. The Kier molecular flexibility index (Phi) is 7.20. The zero-order valence-electron chi connectivity index (χ0n) is 21.6. The Morgan fingerprint density at radius 3 is 2.61 bits per heavy atom. The summed E-state index contributed by atoms with van der Waals surface area (Å²) in [7, 11) is 1.60. The standard InChI is InChI=1S/C29H28BrN5O3/c1-17-8-10-20(11-9-17)15-38-27-23(30)13-21(14-24(27)37-4)26-25(19(3)33-29-31-16-32-35(26)29)28(36)34-22-7-5-6-18(2)12-22/h5-14,16,26H,15H2,1-4H3,(H,34,36)(H,31,32,33). The first-order chi connectivity index (χ1) is 18.3. The minimum absolute atomic E-state index is 0.235. The summed E-state index contributed by atoms with van der Waals surface area (Å²) in [6.45, 7) is 6.29. The molecule has 0 spiro atoms. The molecular formula is C29H28BrN5O3. The zero-order valence-corrected chi connectivity index (χ0v) is 23.2. The molecular weight excluding hydrogens is 546 g/mol. The fraction of sp³-hybridized carbons (Fsp3) is 0.207. The number of halogens is 1. The molecule has 0 radical (unpaired) electrons. The van der Waals surface area contributed by atoms with Gasteiger partial charge in [-0.3, -0.25) is 4.79 Å². The van der Waals surface area contributed by atoms with Crippen LogP contribution < -0.4 is 20.1 Å². The minimum atomic E-state index is -0.546. The van der Waals surface area contributed by atoms with Gasteiger partial charge in [0.25, 0.3) is 5.91 Å². The number of amides is 1. The van der Waals surface area contributed by atoms with Gasteiger partial charge in [0.15, 0.2) is 11.5 Å². The molecule has 3 aromatic carbocycles. The van der Waals surface area contributed by atoms with Gasteiger partial charge in [0, 0.05) is 11.4 Å². The van der Waals surface area contributed by atoms with Crippen molar-refractivity contribution in [1.82, 2.24) is 14.8 Å². The molecule has 0 bridgehead atoms. The van der Waals surface area contributed by atoms with Gasteiger partial charge in [0.05, 0.1) is 17.2 Å². The Labute approximate surface area is 229 Å². The van der Waals surface area contributed by atoms with Crippen LogP contribution in [-0.2, 0) is 11.4 Å². The van der Waals surface area contributed by atoms with Crippen molar-refractivity contribution in [2.75, 3.05) is 17.7 Å². The van der Waals surface area contributed by atoms with Crippen LogP contribution in [0.2, 0.25) is 0 Å². The number of ether oxygens (including phenoxy) is 2. The first-order valence-corrected chi connectivity index (χ1v) is 12.9. The van der Waals surface area contributed by atoms with Crippen LogP contribution in [0.1, 0.15) is 35.2 Å². The lowest BCUT2D eigenvalue weighted by molar-refractivity contribution is -0.113. The number of carbonyl (C=O) groups excluding carboxylic acids is 1. The molecule has 8 nitrogen and oxygen atoms in total. The lowest BCUT2D eigenvalue weighted by atomic mass is 9.94. The molecule has 5 rings (SSSR count). The average molecular weight is 574 g/mol. The molecule has 1 aliphatic rings. The van der Waals surface area contributed by atoms with Crippen LogP contribution in [0.15, 0.2) is 82.7 Å². The fourth-order valence-electron chi connectivity index (χ4n) is 4.49. The summed E-state index contributed by atoms with van der Waals surface area (Å²) in [5.74, 6) is 1.43. The van der Waals surface area contributed by atoms with Crippen molar-refractivity contribution in [3.05, 3.63) is 105 Å². The van der Waals surface area contributed by atoms with Gasteiger partial charge in [-0.15, -0.1) is 0 Å². The van der Waals surface area contributed by atoms with E-state index in [2.05, 4.69) is 55.7 Å². The smallest absolute Gasteiger partial charge is 0.255 e. The summed E-state index contributed by atoms with van der Waals surface area (Å²) in [5, 5.41) is 10.7. The largest absolute Gasteiger partial charge is 0.493 e. The van der Waals surface area contributed by atoms with Crippen molar-refractivity contribution in [2.45, 2.75) is 33.4 Å². The highest BCUT2D eigenvalue weighted by atomic mass is 79.9. The molecule has 1 atom stereocenters. The maximum Gasteiger partial charge on any atom is 0.255 e. The molecule has 194 valence electrons. The van der Waals surface area contributed by atoms with Crippen molar-refractivity contribution in [3.63, 3.8) is 0 Å². The number of nitrogens with one attached hydrogen (secondary N) is 2. The van der Waals surface area contributed by atoms with Gasteiger partial charge in [-0.25, -0.2) is 4.68 Å². The Morgan fingerprint density at radius 2 is 1.87 bits per heavy atom. The summed E-state index contributed by atoms with van der Waals surface area (Å²) >= 11 is 3.67. The number of hydrogen-bond donors (Lipinski definition) is 2. The van der Waals surface area contributed by atoms with E-state index in [-0.39, 0.29) is 5.91 Å². The lowest BCUT2D eigenvalue weighted by Crippen LogP contribution is -2.31. The summed E-state index contributed by atoms with van der Waals surface area (Å²) in [5.41, 5.74) is 6.02. The Bertz CT molecular complexity index is 1530. The number of fused-ring (bicyclic) bond motifs is 1. The van der Waals surface area contributed by atoms with Gasteiger partial charge < -0.3 is 20.1 Å². The fourth-order valence-corrected chi connectivity index (χ4v) is 5.07. The molecule has 1 unspecified atom stereocenters. The third-order valence-corrected chi connectivity index (χ3v) is 6.98. The van der Waals surface area contributed by atoms with E-state index < -0.39 is 6.04 Å². The highest BCUT2D eigenvalue weighted by molar-refractivity contribution is 9.10. The Hall–Kier alpha value is -4.11. The van der Waals surface area contributed by atoms with Crippen molar-refractivity contribution in [3.8, 4) is 11.5 Å². The Morgan fingerprint density at radius 1 is 1.08 bits per heavy atom. The van der Waals surface area contributed by atoms with E-state index in [1.165, 1.54) is 11.9 Å². The van der Waals surface area contributed by atoms with Crippen LogP contribution in [0.3, 0.4) is 0 Å². The van der Waals surface area contributed by atoms with E-state index >= 15 is 0 Å². The quantitative estimate of drug-likeness (QED) is 0.274. The van der Waals surface area contributed by atoms with E-state index in [4.69, 9.17) is 9.47 Å². The number of anilines is 2. The number of aromatic nitrogens is 3. The predicted molar refractivity (Wildman–Crippen MR) is 150 cm³/mol. The number of nitrogens with zero attached hydrogens (tertiary/aromatic N) is 3. The predicted octanol–water partition coefficient (Wildman–Crippen LogP) is 6.17. The number of methoxy groups -OCH3 is 1. The maximum absolute atomic E-state index is 13.7. The summed E-state index contributed by atoms with van der Waals surface area (Å²) in [6.07, 6.45) is 1.47. The first-order valence-electron chi connectivity index (χ1n) is 12.1. The van der Waals surface area contributed by atoms with Gasteiger partial charge >= 0.3 is 0 Å².